The van der Waals surface area contributed by atoms with E-state index >= 15 is 0 Å². The first kappa shape index (κ1) is 19.2. The number of fused-ring (bicyclic) bond motifs is 1. The van der Waals surface area contributed by atoms with Crippen molar-refractivity contribution in [1.82, 2.24) is 19.7 Å². The van der Waals surface area contributed by atoms with Crippen molar-refractivity contribution in [3.8, 4) is 11.1 Å². The molecule has 8 nitrogen and oxygen atoms in total. The van der Waals surface area contributed by atoms with Gasteiger partial charge in [-0.05, 0) is 43.9 Å². The quantitative estimate of drug-likeness (QED) is 0.638. The predicted molar refractivity (Wildman–Crippen MR) is 107 cm³/mol. The number of carbonyl (C=O) groups excluding carboxylic acids is 1. The number of pyridine rings is 2. The molecule has 150 valence electrons. The number of anilines is 1. The van der Waals surface area contributed by atoms with Crippen molar-refractivity contribution < 1.29 is 13.4 Å². The highest BCUT2D eigenvalue weighted by Gasteiger charge is 2.23. The third-order valence-corrected chi connectivity index (χ3v) is 5.73. The molecule has 0 saturated heterocycles. The van der Waals surface area contributed by atoms with Crippen molar-refractivity contribution >= 4 is 22.3 Å². The van der Waals surface area contributed by atoms with Gasteiger partial charge in [0.2, 0.25) is 0 Å². The minimum absolute atomic E-state index is 0.234. The van der Waals surface area contributed by atoms with Gasteiger partial charge >= 0.3 is 6.03 Å². The van der Waals surface area contributed by atoms with Crippen molar-refractivity contribution in [3.05, 3.63) is 54.0 Å². The molecule has 29 heavy (non-hydrogen) atoms. The summed E-state index contributed by atoms with van der Waals surface area (Å²) in [6, 6.07) is 2.33. The Balaban J connectivity index is 1.70. The van der Waals surface area contributed by atoms with Gasteiger partial charge in [0.1, 0.15) is 5.82 Å². The maximum Gasteiger partial charge on any atom is 0.353 e. The van der Waals surface area contributed by atoms with E-state index in [4.69, 9.17) is 0 Å². The Kier molecular flexibility index (Phi) is 5.34. The van der Waals surface area contributed by atoms with E-state index in [0.717, 1.165) is 30.3 Å². The second-order valence-electron chi connectivity index (χ2n) is 6.51. The van der Waals surface area contributed by atoms with Gasteiger partial charge in [0, 0.05) is 42.0 Å². The highest BCUT2D eigenvalue weighted by Crippen LogP contribution is 2.37. The van der Waals surface area contributed by atoms with Crippen LogP contribution in [0.3, 0.4) is 0 Å². The summed E-state index contributed by atoms with van der Waals surface area (Å²) in [4.78, 5) is 20.7. The number of nitrogens with one attached hydrogen (secondary N) is 1. The maximum absolute atomic E-state index is 14.3. The Morgan fingerprint density at radius 1 is 1.31 bits per heavy atom. The van der Waals surface area contributed by atoms with Gasteiger partial charge in [0.05, 0.1) is 22.5 Å². The molecule has 0 saturated carbocycles. The van der Waals surface area contributed by atoms with Crippen LogP contribution in [0, 0.1) is 5.82 Å². The summed E-state index contributed by atoms with van der Waals surface area (Å²) in [5, 5.41) is 7.06. The van der Waals surface area contributed by atoms with Gasteiger partial charge in [-0.25, -0.2) is 13.4 Å². The Morgan fingerprint density at radius 2 is 2.17 bits per heavy atom. The van der Waals surface area contributed by atoms with E-state index in [2.05, 4.69) is 24.7 Å². The smallest absolute Gasteiger partial charge is 0.305 e. The molecular weight excluding hydrogens is 395 g/mol. The molecule has 0 radical (unpaired) electrons. The molecule has 0 aromatic carbocycles. The van der Waals surface area contributed by atoms with Gasteiger partial charge in [-0.1, -0.05) is 0 Å². The number of rotatable bonds is 4. The fourth-order valence-electron chi connectivity index (χ4n) is 3.34. The van der Waals surface area contributed by atoms with Crippen molar-refractivity contribution in [2.45, 2.75) is 37.8 Å². The number of halogens is 1. The van der Waals surface area contributed by atoms with Gasteiger partial charge in [-0.2, -0.15) is 5.10 Å². The standard InChI is InChI=1S/C19H19FN6O2S/c1-2-26-9-7-17(24-26)29(28)25-19(27)23-18-13-4-3-5-16(13)22-10-14(18)12-6-8-21-11-15(12)20/h6-11,29H,2-5H2,1H3,(H,22,23,27). The number of hydrogen-bond acceptors (Lipinski definition) is 5. The molecule has 2 amide bonds. The second kappa shape index (κ2) is 8.08. The third-order valence-electron chi connectivity index (χ3n) is 4.73. The molecule has 1 aliphatic carbocycles. The number of amides is 2. The van der Waals surface area contributed by atoms with Gasteiger partial charge in [0.15, 0.2) is 5.03 Å². The summed E-state index contributed by atoms with van der Waals surface area (Å²) in [5.74, 6) is -0.518. The van der Waals surface area contributed by atoms with Crippen molar-refractivity contribution in [3.63, 3.8) is 0 Å². The zero-order valence-corrected chi connectivity index (χ0v) is 16.6. The molecule has 0 aliphatic heterocycles. The Labute approximate surface area is 168 Å². The van der Waals surface area contributed by atoms with E-state index in [9.17, 15) is 13.4 Å². The second-order valence-corrected chi connectivity index (χ2v) is 7.72. The van der Waals surface area contributed by atoms with Crippen LogP contribution in [-0.4, -0.2) is 30.0 Å². The average molecular weight is 414 g/mol. The highest BCUT2D eigenvalue weighted by atomic mass is 32.2. The Bertz CT molecular complexity index is 1170. The maximum atomic E-state index is 14.3. The summed E-state index contributed by atoms with van der Waals surface area (Å²) in [6.45, 7) is 2.52. The summed E-state index contributed by atoms with van der Waals surface area (Å²) in [6.07, 6.45) is 8.20. The molecule has 3 aromatic heterocycles. The lowest BCUT2D eigenvalue weighted by molar-refractivity contribution is 0.260. The number of aromatic nitrogens is 4. The highest BCUT2D eigenvalue weighted by molar-refractivity contribution is 7.75. The summed E-state index contributed by atoms with van der Waals surface area (Å²) in [7, 11) is -2.34. The Morgan fingerprint density at radius 3 is 2.93 bits per heavy atom. The number of hydrogen-bond donors (Lipinski definition) is 2. The normalized spacial score (nSPS) is 14.0. The van der Waals surface area contributed by atoms with Crippen LogP contribution in [0.1, 0.15) is 24.6 Å². The minimum atomic E-state index is -2.34. The molecule has 4 rings (SSSR count). The van der Waals surface area contributed by atoms with Gasteiger partial charge in [-0.3, -0.25) is 14.6 Å². The molecule has 1 unspecified atom stereocenters. The first-order valence-corrected chi connectivity index (χ1v) is 10.4. The van der Waals surface area contributed by atoms with Crippen molar-refractivity contribution in [2.24, 2.45) is 4.36 Å². The van der Waals surface area contributed by atoms with Crippen LogP contribution in [0.15, 0.2) is 46.3 Å². The largest absolute Gasteiger partial charge is 0.353 e. The number of urea groups is 1. The van der Waals surface area contributed by atoms with E-state index in [1.165, 1.54) is 12.3 Å². The van der Waals surface area contributed by atoms with Crippen LogP contribution < -0.4 is 5.32 Å². The zero-order chi connectivity index (χ0) is 20.4. The summed E-state index contributed by atoms with van der Waals surface area (Å²) in [5.41, 5.74) is 2.90. The first-order valence-electron chi connectivity index (χ1n) is 9.20. The minimum Gasteiger partial charge on any atom is -0.305 e. The van der Waals surface area contributed by atoms with E-state index in [0.29, 0.717) is 24.2 Å². The molecule has 0 spiro atoms. The summed E-state index contributed by atoms with van der Waals surface area (Å²) < 4.78 is 32.0. The molecule has 3 aromatic rings. The van der Waals surface area contributed by atoms with E-state index in [-0.39, 0.29) is 10.6 Å². The van der Waals surface area contributed by atoms with Gasteiger partial charge in [0.25, 0.3) is 0 Å². The number of aryl methyl sites for hydroxylation is 2. The van der Waals surface area contributed by atoms with Crippen molar-refractivity contribution in [1.29, 1.82) is 0 Å². The molecule has 1 aliphatic rings. The lowest BCUT2D eigenvalue weighted by Crippen LogP contribution is -2.11. The van der Waals surface area contributed by atoms with Gasteiger partial charge in [-0.15, -0.1) is 4.36 Å². The average Bonchev–Trinajstić information content (AvgIpc) is 3.38. The molecule has 3 heterocycles. The molecule has 1 atom stereocenters. The topological polar surface area (TPSA) is 102 Å². The monoisotopic (exact) mass is 414 g/mol. The van der Waals surface area contributed by atoms with Crippen LogP contribution in [0.25, 0.3) is 11.1 Å². The SMILES string of the molecule is CCn1ccc(/[SH](=O)=N/C(=O)Nc2c(-c3ccncc3F)cnc3c2CCC3)n1. The van der Waals surface area contributed by atoms with Gasteiger partial charge < -0.3 is 5.32 Å². The van der Waals surface area contributed by atoms with Crippen LogP contribution in [0.2, 0.25) is 0 Å². The molecule has 0 fully saturated rings. The lowest BCUT2D eigenvalue weighted by Gasteiger charge is -2.14. The van der Waals surface area contributed by atoms with Crippen LogP contribution in [0.5, 0.6) is 0 Å². The van der Waals surface area contributed by atoms with Crippen molar-refractivity contribution in [2.75, 3.05) is 5.32 Å². The number of nitrogens with zero attached hydrogens (tertiary/aromatic N) is 5. The van der Waals surface area contributed by atoms with E-state index in [1.807, 2.05) is 6.92 Å². The zero-order valence-electron chi connectivity index (χ0n) is 15.7. The fraction of sp³-hybridized carbons (Fsp3) is 0.263. The molecule has 1 N–H and O–H groups in total. The number of thiol groups is 1. The summed E-state index contributed by atoms with van der Waals surface area (Å²) >= 11 is 0. The van der Waals surface area contributed by atoms with E-state index < -0.39 is 22.4 Å². The first-order chi connectivity index (χ1) is 14.1. The predicted octanol–water partition coefficient (Wildman–Crippen LogP) is 3.24. The molecule has 0 bridgehead atoms. The van der Waals surface area contributed by atoms with E-state index in [1.54, 1.807) is 23.1 Å². The molecule has 10 heteroatoms. The molecular formula is C19H19FN6O2S. The number of carbonyl (C=O) groups is 1. The van der Waals surface area contributed by atoms with Crippen LogP contribution in [0.4, 0.5) is 14.9 Å². The Hall–Kier alpha value is -3.14. The van der Waals surface area contributed by atoms with Crippen LogP contribution >= 0.6 is 0 Å². The lowest BCUT2D eigenvalue weighted by atomic mass is 10.0. The fourth-order valence-corrected chi connectivity index (χ4v) is 4.05. The third kappa shape index (κ3) is 3.88. The van der Waals surface area contributed by atoms with Crippen LogP contribution in [-0.2, 0) is 30.0 Å².